The molecule has 0 aromatic rings. The summed E-state index contributed by atoms with van der Waals surface area (Å²) < 4.78 is 5.66. The zero-order chi connectivity index (χ0) is 16.9. The third-order valence-corrected chi connectivity index (χ3v) is 6.37. The largest absolute Gasteiger partial charge is 0.444 e. The molecule has 1 saturated heterocycles. The average molecular weight is 322 g/mol. The second-order valence-corrected chi connectivity index (χ2v) is 9.44. The van der Waals surface area contributed by atoms with Crippen LogP contribution in [0.2, 0.25) is 0 Å². The molecule has 0 aromatic heterocycles. The van der Waals surface area contributed by atoms with Gasteiger partial charge in [-0.3, -0.25) is 0 Å². The molecule has 4 nitrogen and oxygen atoms in total. The number of likely N-dealkylation sites (tertiary alicyclic amines) is 1. The Hall–Kier alpha value is -0.770. The Morgan fingerprint density at radius 1 is 1.26 bits per heavy atom. The lowest BCUT2D eigenvalue weighted by atomic mass is 9.69. The fraction of sp³-hybridized carbons (Fsp3) is 0.947. The fourth-order valence-corrected chi connectivity index (χ4v) is 4.18. The first-order valence-electron chi connectivity index (χ1n) is 9.40. The predicted molar refractivity (Wildman–Crippen MR) is 92.5 cm³/mol. The van der Waals surface area contributed by atoms with E-state index in [9.17, 15) is 4.79 Å². The van der Waals surface area contributed by atoms with Crippen molar-refractivity contribution in [1.82, 2.24) is 10.2 Å². The number of hydrogen-bond donors (Lipinski definition) is 1. The van der Waals surface area contributed by atoms with Crippen LogP contribution >= 0.6 is 0 Å². The molecule has 0 bridgehead atoms. The maximum atomic E-state index is 12.6. The molecular formula is C19H34N2O2. The summed E-state index contributed by atoms with van der Waals surface area (Å²) in [5.41, 5.74) is 0.156. The molecule has 1 amide bonds. The third-order valence-electron chi connectivity index (χ3n) is 6.37. The Bertz CT molecular complexity index is 460. The lowest BCUT2D eigenvalue weighted by Gasteiger charge is -2.55. The summed E-state index contributed by atoms with van der Waals surface area (Å²) >= 11 is 0. The number of ether oxygens (including phenoxy) is 1. The van der Waals surface area contributed by atoms with Crippen LogP contribution < -0.4 is 5.32 Å². The highest BCUT2D eigenvalue weighted by molar-refractivity contribution is 5.69. The number of nitrogens with one attached hydrogen (secondary N) is 1. The molecule has 1 spiro atoms. The summed E-state index contributed by atoms with van der Waals surface area (Å²) in [6.45, 7) is 11.4. The highest BCUT2D eigenvalue weighted by atomic mass is 16.6. The second-order valence-electron chi connectivity index (χ2n) is 9.44. The summed E-state index contributed by atoms with van der Waals surface area (Å²) in [4.78, 5) is 14.6. The van der Waals surface area contributed by atoms with Gasteiger partial charge in [-0.1, -0.05) is 6.92 Å². The molecule has 1 aliphatic heterocycles. The highest BCUT2D eigenvalue weighted by Crippen LogP contribution is 2.49. The van der Waals surface area contributed by atoms with E-state index in [0.29, 0.717) is 17.5 Å². The number of carbonyl (C=O) groups is 1. The van der Waals surface area contributed by atoms with E-state index in [1.54, 1.807) is 0 Å². The molecule has 132 valence electrons. The Balaban J connectivity index is 1.62. The maximum Gasteiger partial charge on any atom is 0.410 e. The van der Waals surface area contributed by atoms with Gasteiger partial charge in [-0.15, -0.1) is 0 Å². The Morgan fingerprint density at radius 2 is 1.91 bits per heavy atom. The van der Waals surface area contributed by atoms with Crippen molar-refractivity contribution in [2.45, 2.75) is 103 Å². The lowest BCUT2D eigenvalue weighted by Crippen LogP contribution is -2.64. The van der Waals surface area contributed by atoms with E-state index in [-0.39, 0.29) is 11.6 Å². The van der Waals surface area contributed by atoms with E-state index in [4.69, 9.17) is 4.74 Å². The van der Waals surface area contributed by atoms with Crippen LogP contribution in [0.4, 0.5) is 4.79 Å². The molecule has 1 heterocycles. The monoisotopic (exact) mass is 322 g/mol. The summed E-state index contributed by atoms with van der Waals surface area (Å²) in [5, 5.41) is 3.87. The van der Waals surface area contributed by atoms with Gasteiger partial charge in [0.1, 0.15) is 5.60 Å². The van der Waals surface area contributed by atoms with E-state index in [0.717, 1.165) is 32.2 Å². The third kappa shape index (κ3) is 3.52. The quantitative estimate of drug-likeness (QED) is 0.851. The van der Waals surface area contributed by atoms with Crippen LogP contribution in [0, 0.1) is 5.41 Å². The Morgan fingerprint density at radius 3 is 2.39 bits per heavy atom. The average Bonchev–Trinajstić information content (AvgIpc) is 3.14. The van der Waals surface area contributed by atoms with Crippen molar-refractivity contribution in [1.29, 1.82) is 0 Å². The van der Waals surface area contributed by atoms with Gasteiger partial charge in [0.15, 0.2) is 0 Å². The van der Waals surface area contributed by atoms with Crippen molar-refractivity contribution < 1.29 is 9.53 Å². The number of carbonyl (C=O) groups excluding carboxylic acids is 1. The number of piperidine rings is 1. The summed E-state index contributed by atoms with van der Waals surface area (Å²) in [6.07, 6.45) is 8.23. The normalized spacial score (nSPS) is 29.8. The number of amides is 1. The van der Waals surface area contributed by atoms with Crippen molar-refractivity contribution in [3.8, 4) is 0 Å². The van der Waals surface area contributed by atoms with Gasteiger partial charge < -0.3 is 15.0 Å². The van der Waals surface area contributed by atoms with E-state index < -0.39 is 5.60 Å². The van der Waals surface area contributed by atoms with Gasteiger partial charge >= 0.3 is 6.09 Å². The Labute approximate surface area is 141 Å². The van der Waals surface area contributed by atoms with Gasteiger partial charge in [-0.05, 0) is 78.1 Å². The van der Waals surface area contributed by atoms with Crippen LogP contribution in [-0.4, -0.2) is 40.8 Å². The van der Waals surface area contributed by atoms with E-state index >= 15 is 0 Å². The van der Waals surface area contributed by atoms with Crippen molar-refractivity contribution >= 4 is 6.09 Å². The standard InChI is InChI=1S/C19H34N2O2/c1-14(18(5)10-11-18)20-15-7-12-21(16(22)23-17(2,3)4)19(13-15)8-6-9-19/h14-15,20H,6-13H2,1-5H3. The van der Waals surface area contributed by atoms with Crippen LogP contribution in [0.5, 0.6) is 0 Å². The van der Waals surface area contributed by atoms with Crippen LogP contribution in [-0.2, 0) is 4.74 Å². The highest BCUT2D eigenvalue weighted by Gasteiger charge is 2.51. The zero-order valence-electron chi connectivity index (χ0n) is 15.6. The first-order chi connectivity index (χ1) is 10.6. The summed E-state index contributed by atoms with van der Waals surface area (Å²) in [5.74, 6) is 0. The molecule has 1 N–H and O–H groups in total. The van der Waals surface area contributed by atoms with Crippen LogP contribution in [0.25, 0.3) is 0 Å². The van der Waals surface area contributed by atoms with Gasteiger partial charge in [0.05, 0.1) is 0 Å². The summed E-state index contributed by atoms with van der Waals surface area (Å²) in [6, 6.07) is 1.12. The van der Waals surface area contributed by atoms with Gasteiger partial charge in [0.25, 0.3) is 0 Å². The van der Waals surface area contributed by atoms with E-state index in [1.165, 1.54) is 19.3 Å². The lowest BCUT2D eigenvalue weighted by molar-refractivity contribution is -0.0505. The molecule has 23 heavy (non-hydrogen) atoms. The van der Waals surface area contributed by atoms with Crippen LogP contribution in [0.1, 0.15) is 79.6 Å². The minimum atomic E-state index is -0.411. The molecule has 3 aliphatic rings. The van der Waals surface area contributed by atoms with Crippen molar-refractivity contribution in [2.24, 2.45) is 5.41 Å². The van der Waals surface area contributed by atoms with Gasteiger partial charge in [0.2, 0.25) is 0 Å². The molecule has 0 aromatic carbocycles. The molecular weight excluding hydrogens is 288 g/mol. The molecule has 3 fully saturated rings. The van der Waals surface area contributed by atoms with Crippen molar-refractivity contribution in [3.63, 3.8) is 0 Å². The first kappa shape index (κ1) is 17.1. The SMILES string of the molecule is CC(NC1CCN(C(=O)OC(C)(C)C)C2(CCC2)C1)C1(C)CC1. The van der Waals surface area contributed by atoms with Crippen molar-refractivity contribution in [3.05, 3.63) is 0 Å². The topological polar surface area (TPSA) is 41.6 Å². The smallest absolute Gasteiger partial charge is 0.410 e. The van der Waals surface area contributed by atoms with Gasteiger partial charge in [-0.25, -0.2) is 4.79 Å². The molecule has 2 atom stereocenters. The number of hydrogen-bond acceptors (Lipinski definition) is 3. The fourth-order valence-electron chi connectivity index (χ4n) is 4.18. The van der Waals surface area contributed by atoms with Gasteiger partial charge in [0, 0.05) is 24.2 Å². The first-order valence-corrected chi connectivity index (χ1v) is 9.40. The van der Waals surface area contributed by atoms with E-state index in [2.05, 4.69) is 19.2 Å². The Kier molecular flexibility index (Phi) is 4.19. The predicted octanol–water partition coefficient (Wildman–Crippen LogP) is 4.09. The maximum absolute atomic E-state index is 12.6. The van der Waals surface area contributed by atoms with Crippen LogP contribution in [0.3, 0.4) is 0 Å². The van der Waals surface area contributed by atoms with E-state index in [1.807, 2.05) is 25.7 Å². The molecule has 3 rings (SSSR count). The zero-order valence-corrected chi connectivity index (χ0v) is 15.6. The summed E-state index contributed by atoms with van der Waals surface area (Å²) in [7, 11) is 0. The molecule has 4 heteroatoms. The second kappa shape index (κ2) is 5.65. The molecule has 2 aliphatic carbocycles. The van der Waals surface area contributed by atoms with Crippen molar-refractivity contribution in [2.75, 3.05) is 6.54 Å². The van der Waals surface area contributed by atoms with Gasteiger partial charge in [-0.2, -0.15) is 0 Å². The number of nitrogens with zero attached hydrogens (tertiary/aromatic N) is 1. The van der Waals surface area contributed by atoms with Crippen LogP contribution in [0.15, 0.2) is 0 Å². The number of rotatable bonds is 3. The molecule has 2 unspecified atom stereocenters. The minimum Gasteiger partial charge on any atom is -0.444 e. The minimum absolute atomic E-state index is 0.0580. The molecule has 0 radical (unpaired) electrons. The molecule has 2 saturated carbocycles.